The first-order valence-corrected chi connectivity index (χ1v) is 8.15. The first-order valence-electron chi connectivity index (χ1n) is 7.77. The molecule has 0 aromatic carbocycles. The number of aromatic nitrogens is 4. The lowest BCUT2D eigenvalue weighted by Crippen LogP contribution is -2.47. The van der Waals surface area contributed by atoms with Crippen LogP contribution in [0.3, 0.4) is 0 Å². The number of likely N-dealkylation sites (tertiary alicyclic amines) is 1. The van der Waals surface area contributed by atoms with E-state index in [0.717, 1.165) is 31.6 Å². The fourth-order valence-electron chi connectivity index (χ4n) is 3.56. The summed E-state index contributed by atoms with van der Waals surface area (Å²) >= 11 is 5.98. The minimum Gasteiger partial charge on any atom is -0.394 e. The van der Waals surface area contributed by atoms with Crippen molar-refractivity contribution in [1.82, 2.24) is 24.7 Å². The standard InChI is InChI=1S/C15H22ClN5O/c1-11(2)8-15(10-22)6-3-7-20(15)9-14-18-17-13-5-4-12(16)19-21(13)14/h4-5,11,22H,3,6-10H2,1-2H3. The molecule has 7 heteroatoms. The first-order chi connectivity index (χ1) is 10.5. The second-order valence-electron chi connectivity index (χ2n) is 6.55. The van der Waals surface area contributed by atoms with E-state index in [4.69, 9.17) is 11.6 Å². The highest BCUT2D eigenvalue weighted by atomic mass is 35.5. The first kappa shape index (κ1) is 15.6. The van der Waals surface area contributed by atoms with Crippen molar-refractivity contribution in [3.05, 3.63) is 23.1 Å². The van der Waals surface area contributed by atoms with Crippen molar-refractivity contribution in [3.8, 4) is 0 Å². The number of hydrogen-bond acceptors (Lipinski definition) is 5. The van der Waals surface area contributed by atoms with Gasteiger partial charge in [0, 0.05) is 5.54 Å². The third-order valence-corrected chi connectivity index (χ3v) is 4.65. The second-order valence-corrected chi connectivity index (χ2v) is 6.94. The number of hydrogen-bond donors (Lipinski definition) is 1. The molecule has 22 heavy (non-hydrogen) atoms. The molecule has 0 radical (unpaired) electrons. The Bertz CT molecular complexity index is 658. The maximum atomic E-state index is 10.0. The van der Waals surface area contributed by atoms with E-state index in [1.165, 1.54) is 0 Å². The van der Waals surface area contributed by atoms with Crippen molar-refractivity contribution in [2.24, 2.45) is 5.92 Å². The van der Waals surface area contributed by atoms with Crippen LogP contribution < -0.4 is 0 Å². The molecule has 0 saturated carbocycles. The fourth-order valence-corrected chi connectivity index (χ4v) is 3.69. The summed E-state index contributed by atoms with van der Waals surface area (Å²) in [5.41, 5.74) is 0.538. The number of nitrogens with zero attached hydrogens (tertiary/aromatic N) is 5. The molecule has 0 amide bonds. The van der Waals surface area contributed by atoms with E-state index in [9.17, 15) is 5.11 Å². The Hall–Kier alpha value is -1.24. The monoisotopic (exact) mass is 323 g/mol. The van der Waals surface area contributed by atoms with E-state index >= 15 is 0 Å². The van der Waals surface area contributed by atoms with E-state index < -0.39 is 0 Å². The molecule has 3 heterocycles. The summed E-state index contributed by atoms with van der Waals surface area (Å²) in [6, 6.07) is 3.52. The van der Waals surface area contributed by atoms with Crippen molar-refractivity contribution >= 4 is 17.2 Å². The largest absolute Gasteiger partial charge is 0.394 e. The van der Waals surface area contributed by atoms with Crippen LogP contribution in [0.2, 0.25) is 5.15 Å². The molecule has 0 aliphatic carbocycles. The van der Waals surface area contributed by atoms with Crippen molar-refractivity contribution in [3.63, 3.8) is 0 Å². The van der Waals surface area contributed by atoms with E-state index in [1.54, 1.807) is 10.6 Å². The van der Waals surface area contributed by atoms with Gasteiger partial charge in [-0.25, -0.2) is 0 Å². The van der Waals surface area contributed by atoms with Gasteiger partial charge in [-0.2, -0.15) is 9.61 Å². The molecule has 1 fully saturated rings. The number of aliphatic hydroxyl groups excluding tert-OH is 1. The molecule has 1 atom stereocenters. The molecule has 1 unspecified atom stereocenters. The molecular weight excluding hydrogens is 302 g/mol. The summed E-state index contributed by atoms with van der Waals surface area (Å²) in [5, 5.41) is 23.1. The Morgan fingerprint density at radius 2 is 2.18 bits per heavy atom. The summed E-state index contributed by atoms with van der Waals surface area (Å²) < 4.78 is 1.69. The van der Waals surface area contributed by atoms with Crippen LogP contribution in [0.1, 0.15) is 38.9 Å². The SMILES string of the molecule is CC(C)CC1(CO)CCCN1Cc1nnc2ccc(Cl)nn12. The summed E-state index contributed by atoms with van der Waals surface area (Å²) in [4.78, 5) is 2.33. The Kier molecular flexibility index (Phi) is 4.34. The Labute approximate surface area is 135 Å². The number of fused-ring (bicyclic) bond motifs is 1. The van der Waals surface area contributed by atoms with Crippen LogP contribution in [0.15, 0.2) is 12.1 Å². The van der Waals surface area contributed by atoms with Gasteiger partial charge in [-0.15, -0.1) is 10.2 Å². The minimum atomic E-state index is -0.154. The van der Waals surface area contributed by atoms with Gasteiger partial charge >= 0.3 is 0 Å². The fraction of sp³-hybridized carbons (Fsp3) is 0.667. The van der Waals surface area contributed by atoms with Crippen LogP contribution >= 0.6 is 11.6 Å². The van der Waals surface area contributed by atoms with Crippen molar-refractivity contribution in [2.75, 3.05) is 13.2 Å². The highest BCUT2D eigenvalue weighted by Gasteiger charge is 2.41. The lowest BCUT2D eigenvalue weighted by Gasteiger charge is -2.38. The average molecular weight is 324 g/mol. The zero-order valence-electron chi connectivity index (χ0n) is 13.0. The van der Waals surface area contributed by atoms with Gasteiger partial charge in [0.05, 0.1) is 13.2 Å². The zero-order chi connectivity index (χ0) is 15.7. The van der Waals surface area contributed by atoms with Gasteiger partial charge in [-0.1, -0.05) is 25.4 Å². The molecule has 1 aliphatic heterocycles. The van der Waals surface area contributed by atoms with Gasteiger partial charge in [-0.05, 0) is 43.9 Å². The molecule has 1 aliphatic rings. The Morgan fingerprint density at radius 3 is 2.91 bits per heavy atom. The summed E-state index contributed by atoms with van der Waals surface area (Å²) in [7, 11) is 0. The van der Waals surface area contributed by atoms with E-state index in [1.807, 2.05) is 6.07 Å². The maximum absolute atomic E-state index is 10.0. The molecule has 2 aromatic rings. The number of rotatable bonds is 5. The molecule has 120 valence electrons. The molecule has 0 spiro atoms. The topological polar surface area (TPSA) is 66.5 Å². The molecule has 1 N–H and O–H groups in total. The molecule has 3 rings (SSSR count). The summed E-state index contributed by atoms with van der Waals surface area (Å²) in [6.07, 6.45) is 3.10. The third-order valence-electron chi connectivity index (χ3n) is 4.45. The lowest BCUT2D eigenvalue weighted by atomic mass is 9.87. The van der Waals surface area contributed by atoms with Crippen molar-refractivity contribution in [2.45, 2.75) is 45.2 Å². The lowest BCUT2D eigenvalue weighted by molar-refractivity contribution is 0.0388. The zero-order valence-corrected chi connectivity index (χ0v) is 13.8. The minimum absolute atomic E-state index is 0.154. The Morgan fingerprint density at radius 1 is 1.36 bits per heavy atom. The molecule has 0 bridgehead atoms. The average Bonchev–Trinajstić information content (AvgIpc) is 3.04. The molecule has 6 nitrogen and oxygen atoms in total. The summed E-state index contributed by atoms with van der Waals surface area (Å²) in [5.74, 6) is 1.30. The predicted molar refractivity (Wildman–Crippen MR) is 84.7 cm³/mol. The van der Waals surface area contributed by atoms with Gasteiger partial charge in [0.2, 0.25) is 0 Å². The van der Waals surface area contributed by atoms with Crippen molar-refractivity contribution < 1.29 is 5.11 Å². The van der Waals surface area contributed by atoms with Gasteiger partial charge in [0.1, 0.15) is 5.15 Å². The van der Waals surface area contributed by atoms with Crippen molar-refractivity contribution in [1.29, 1.82) is 0 Å². The quantitative estimate of drug-likeness (QED) is 0.913. The summed E-state index contributed by atoms with van der Waals surface area (Å²) in [6.45, 7) is 6.16. The van der Waals surface area contributed by atoms with Crippen LogP contribution in [0.4, 0.5) is 0 Å². The number of halogens is 1. The van der Waals surface area contributed by atoms with Crippen LogP contribution in [0.25, 0.3) is 5.65 Å². The van der Waals surface area contributed by atoms with E-state index in [-0.39, 0.29) is 12.1 Å². The van der Waals surface area contributed by atoms with Crippen LogP contribution in [-0.4, -0.2) is 48.5 Å². The Balaban J connectivity index is 1.88. The maximum Gasteiger partial charge on any atom is 0.178 e. The van der Waals surface area contributed by atoms with Crippen LogP contribution in [-0.2, 0) is 6.54 Å². The molecule has 2 aromatic heterocycles. The van der Waals surface area contributed by atoms with Gasteiger partial charge in [0.15, 0.2) is 11.5 Å². The van der Waals surface area contributed by atoms with Gasteiger partial charge < -0.3 is 5.11 Å². The highest BCUT2D eigenvalue weighted by molar-refractivity contribution is 6.29. The van der Waals surface area contributed by atoms with Crippen LogP contribution in [0.5, 0.6) is 0 Å². The third kappa shape index (κ3) is 2.83. The molecular formula is C15H22ClN5O. The highest BCUT2D eigenvalue weighted by Crippen LogP contribution is 2.35. The second kappa shape index (κ2) is 6.10. The number of aliphatic hydroxyl groups is 1. The van der Waals surface area contributed by atoms with Gasteiger partial charge in [0.25, 0.3) is 0 Å². The predicted octanol–water partition coefficient (Wildman–Crippen LogP) is 2.15. The molecule has 1 saturated heterocycles. The van der Waals surface area contributed by atoms with E-state index in [0.29, 0.717) is 23.3 Å². The smallest absolute Gasteiger partial charge is 0.178 e. The van der Waals surface area contributed by atoms with E-state index in [2.05, 4.69) is 34.0 Å². The normalized spacial score (nSPS) is 23.0. The van der Waals surface area contributed by atoms with Crippen LogP contribution in [0, 0.1) is 5.92 Å². The van der Waals surface area contributed by atoms with Gasteiger partial charge in [-0.3, -0.25) is 4.90 Å².